The molecule has 0 atom stereocenters. The van der Waals surface area contributed by atoms with Gasteiger partial charge in [0, 0.05) is 19.2 Å². The SMILES string of the molecule is CCc1nc2ncccc2n1Cc1cccc(F)c1. The molecule has 0 saturated carbocycles. The Balaban J connectivity index is 2.08. The summed E-state index contributed by atoms with van der Waals surface area (Å²) in [7, 11) is 0. The van der Waals surface area contributed by atoms with Gasteiger partial charge >= 0.3 is 0 Å². The Bertz CT molecular complexity index is 718. The van der Waals surface area contributed by atoms with Crippen LogP contribution in [0.4, 0.5) is 4.39 Å². The minimum absolute atomic E-state index is 0.210. The number of hydrogen-bond acceptors (Lipinski definition) is 2. The lowest BCUT2D eigenvalue weighted by Crippen LogP contribution is -2.04. The average Bonchev–Trinajstić information content (AvgIpc) is 2.77. The van der Waals surface area contributed by atoms with Gasteiger partial charge in [-0.1, -0.05) is 19.1 Å². The van der Waals surface area contributed by atoms with Crippen molar-refractivity contribution in [1.82, 2.24) is 14.5 Å². The molecule has 0 amide bonds. The molecule has 96 valence electrons. The molecule has 0 spiro atoms. The highest BCUT2D eigenvalue weighted by Gasteiger charge is 2.10. The summed E-state index contributed by atoms with van der Waals surface area (Å²) in [6, 6.07) is 10.6. The summed E-state index contributed by atoms with van der Waals surface area (Å²) in [5.41, 5.74) is 2.66. The van der Waals surface area contributed by atoms with Gasteiger partial charge in [-0.25, -0.2) is 14.4 Å². The van der Waals surface area contributed by atoms with Crippen LogP contribution in [0.5, 0.6) is 0 Å². The summed E-state index contributed by atoms with van der Waals surface area (Å²) in [6.45, 7) is 2.67. The van der Waals surface area contributed by atoms with Crippen molar-refractivity contribution in [1.29, 1.82) is 0 Å². The topological polar surface area (TPSA) is 30.7 Å². The number of pyridine rings is 1. The third-order valence-electron chi connectivity index (χ3n) is 3.15. The molecule has 0 fully saturated rings. The second-order valence-electron chi connectivity index (χ2n) is 4.44. The highest BCUT2D eigenvalue weighted by Crippen LogP contribution is 2.17. The van der Waals surface area contributed by atoms with Gasteiger partial charge in [0.25, 0.3) is 0 Å². The molecular weight excluding hydrogens is 241 g/mol. The molecule has 0 bridgehead atoms. The van der Waals surface area contributed by atoms with E-state index in [-0.39, 0.29) is 5.82 Å². The molecule has 0 aliphatic carbocycles. The fourth-order valence-corrected chi connectivity index (χ4v) is 2.27. The zero-order valence-corrected chi connectivity index (χ0v) is 10.7. The van der Waals surface area contributed by atoms with Crippen LogP contribution >= 0.6 is 0 Å². The predicted octanol–water partition coefficient (Wildman–Crippen LogP) is 3.18. The Hall–Kier alpha value is -2.23. The van der Waals surface area contributed by atoms with Gasteiger partial charge in [0.2, 0.25) is 0 Å². The maximum Gasteiger partial charge on any atom is 0.177 e. The number of benzene rings is 1. The van der Waals surface area contributed by atoms with Crippen LogP contribution in [0.1, 0.15) is 18.3 Å². The normalized spacial score (nSPS) is 11.1. The van der Waals surface area contributed by atoms with E-state index in [0.717, 1.165) is 29.0 Å². The Labute approximate surface area is 110 Å². The molecular formula is C15H14FN3. The number of halogens is 1. The number of nitrogens with zero attached hydrogens (tertiary/aromatic N) is 3. The summed E-state index contributed by atoms with van der Waals surface area (Å²) in [5, 5.41) is 0. The zero-order chi connectivity index (χ0) is 13.2. The number of aromatic nitrogens is 3. The second-order valence-corrected chi connectivity index (χ2v) is 4.44. The lowest BCUT2D eigenvalue weighted by Gasteiger charge is -2.08. The van der Waals surface area contributed by atoms with Crippen LogP contribution in [-0.4, -0.2) is 14.5 Å². The molecule has 3 aromatic rings. The molecule has 19 heavy (non-hydrogen) atoms. The van der Waals surface area contributed by atoms with Crippen molar-refractivity contribution < 1.29 is 4.39 Å². The van der Waals surface area contributed by atoms with Gasteiger partial charge in [-0.3, -0.25) is 0 Å². The Kier molecular flexibility index (Phi) is 2.99. The van der Waals surface area contributed by atoms with Gasteiger partial charge in [-0.2, -0.15) is 0 Å². The number of rotatable bonds is 3. The van der Waals surface area contributed by atoms with Gasteiger partial charge in [0.05, 0.1) is 5.52 Å². The van der Waals surface area contributed by atoms with Crippen LogP contribution in [0.15, 0.2) is 42.6 Å². The summed E-state index contributed by atoms with van der Waals surface area (Å²) < 4.78 is 15.3. The van der Waals surface area contributed by atoms with Crippen molar-refractivity contribution in [2.45, 2.75) is 19.9 Å². The smallest absolute Gasteiger partial charge is 0.177 e. The maximum absolute atomic E-state index is 13.3. The van der Waals surface area contributed by atoms with Crippen molar-refractivity contribution >= 4 is 11.2 Å². The van der Waals surface area contributed by atoms with E-state index >= 15 is 0 Å². The van der Waals surface area contributed by atoms with Gasteiger partial charge in [-0.15, -0.1) is 0 Å². The van der Waals surface area contributed by atoms with E-state index in [0.29, 0.717) is 6.54 Å². The third kappa shape index (κ3) is 2.21. The van der Waals surface area contributed by atoms with E-state index in [1.807, 2.05) is 18.2 Å². The fraction of sp³-hybridized carbons (Fsp3) is 0.200. The number of fused-ring (bicyclic) bond motifs is 1. The zero-order valence-electron chi connectivity index (χ0n) is 10.7. The minimum atomic E-state index is -0.210. The first-order valence-corrected chi connectivity index (χ1v) is 6.32. The molecule has 0 aliphatic heterocycles. The van der Waals surface area contributed by atoms with E-state index in [1.54, 1.807) is 18.3 Å². The first-order valence-electron chi connectivity index (χ1n) is 6.32. The van der Waals surface area contributed by atoms with E-state index < -0.39 is 0 Å². The summed E-state index contributed by atoms with van der Waals surface area (Å²) in [6.07, 6.45) is 2.56. The molecule has 3 nitrogen and oxygen atoms in total. The maximum atomic E-state index is 13.3. The largest absolute Gasteiger partial charge is 0.322 e. The number of hydrogen-bond donors (Lipinski definition) is 0. The molecule has 0 aliphatic rings. The van der Waals surface area contributed by atoms with E-state index in [1.165, 1.54) is 6.07 Å². The molecule has 4 heteroatoms. The van der Waals surface area contributed by atoms with Crippen molar-refractivity contribution in [2.24, 2.45) is 0 Å². The first kappa shape index (κ1) is 11.8. The van der Waals surface area contributed by atoms with Crippen molar-refractivity contribution in [3.8, 4) is 0 Å². The predicted molar refractivity (Wildman–Crippen MR) is 72.4 cm³/mol. The summed E-state index contributed by atoms with van der Waals surface area (Å²) in [4.78, 5) is 8.77. The molecule has 0 saturated heterocycles. The van der Waals surface area contributed by atoms with Gasteiger partial charge in [-0.05, 0) is 29.8 Å². The standard InChI is InChI=1S/C15H14FN3/c1-2-14-18-15-13(7-4-8-17-15)19(14)10-11-5-3-6-12(16)9-11/h3-9H,2,10H2,1H3. The highest BCUT2D eigenvalue weighted by atomic mass is 19.1. The van der Waals surface area contributed by atoms with Crippen LogP contribution in [0.25, 0.3) is 11.2 Å². The Morgan fingerprint density at radius 2 is 2.11 bits per heavy atom. The van der Waals surface area contributed by atoms with E-state index in [9.17, 15) is 4.39 Å². The van der Waals surface area contributed by atoms with Crippen molar-refractivity contribution in [3.05, 3.63) is 59.8 Å². The van der Waals surface area contributed by atoms with Gasteiger partial charge in [0.1, 0.15) is 11.6 Å². The van der Waals surface area contributed by atoms with Crippen molar-refractivity contribution in [2.75, 3.05) is 0 Å². The van der Waals surface area contributed by atoms with Gasteiger partial charge < -0.3 is 4.57 Å². The molecule has 0 unspecified atom stereocenters. The molecule has 0 radical (unpaired) electrons. The van der Waals surface area contributed by atoms with Gasteiger partial charge in [0.15, 0.2) is 5.65 Å². The van der Waals surface area contributed by atoms with Crippen molar-refractivity contribution in [3.63, 3.8) is 0 Å². The first-order chi connectivity index (χ1) is 9.28. The lowest BCUT2D eigenvalue weighted by atomic mass is 10.2. The Morgan fingerprint density at radius 3 is 2.89 bits per heavy atom. The third-order valence-corrected chi connectivity index (χ3v) is 3.15. The van der Waals surface area contributed by atoms with Crippen LogP contribution < -0.4 is 0 Å². The van der Waals surface area contributed by atoms with E-state index in [2.05, 4.69) is 21.5 Å². The van der Waals surface area contributed by atoms with Crippen LogP contribution in [-0.2, 0) is 13.0 Å². The summed E-state index contributed by atoms with van der Waals surface area (Å²) in [5.74, 6) is 0.760. The molecule has 0 N–H and O–H groups in total. The molecule has 1 aromatic carbocycles. The fourth-order valence-electron chi connectivity index (χ4n) is 2.27. The summed E-state index contributed by atoms with van der Waals surface area (Å²) >= 11 is 0. The second kappa shape index (κ2) is 4.80. The van der Waals surface area contributed by atoms with Crippen LogP contribution in [0.3, 0.4) is 0 Å². The lowest BCUT2D eigenvalue weighted by molar-refractivity contribution is 0.623. The van der Waals surface area contributed by atoms with Crippen LogP contribution in [0.2, 0.25) is 0 Å². The average molecular weight is 255 g/mol. The highest BCUT2D eigenvalue weighted by molar-refractivity contribution is 5.71. The number of imidazole rings is 1. The van der Waals surface area contributed by atoms with Crippen LogP contribution in [0, 0.1) is 5.82 Å². The minimum Gasteiger partial charge on any atom is -0.322 e. The Morgan fingerprint density at radius 1 is 1.21 bits per heavy atom. The molecule has 2 aromatic heterocycles. The molecule has 3 rings (SSSR count). The number of aryl methyl sites for hydroxylation is 1. The molecule has 2 heterocycles. The quantitative estimate of drug-likeness (QED) is 0.719. The monoisotopic (exact) mass is 255 g/mol. The van der Waals surface area contributed by atoms with E-state index in [4.69, 9.17) is 0 Å².